The number of aromatic carboxylic acids is 1. The number of anilines is 2. The molecular weight excluding hydrogens is 356 g/mol. The van der Waals surface area contributed by atoms with Crippen LogP contribution in [0.25, 0.3) is 0 Å². The van der Waals surface area contributed by atoms with Crippen molar-refractivity contribution in [1.29, 1.82) is 0 Å². The van der Waals surface area contributed by atoms with E-state index in [4.69, 9.17) is 5.11 Å². The molecule has 1 fully saturated rings. The summed E-state index contributed by atoms with van der Waals surface area (Å²) in [7, 11) is 0. The minimum Gasteiger partial charge on any atom is -0.478 e. The molecule has 0 aromatic carbocycles. The molecule has 144 valence electrons. The average molecular weight is 385 g/mol. The van der Waals surface area contributed by atoms with Crippen LogP contribution in [0, 0.1) is 18.8 Å². The second kappa shape index (κ2) is 6.06. The van der Waals surface area contributed by atoms with Crippen molar-refractivity contribution in [2.75, 3.05) is 5.32 Å². The van der Waals surface area contributed by atoms with E-state index in [-0.39, 0.29) is 16.4 Å². The molecule has 0 amide bonds. The standard InChI is InChI=1S/C22H28N2O2S/c1-12-17-18(22(4,5)15(13-6-7-13)10-21(17,2)3)27-19(12)24-16-9-8-14(11-23-16)20(25)26/h8-9,11,13,15H,6-7,10H2,1-5H3,(H,23,24)(H,25,26). The Morgan fingerprint density at radius 3 is 2.52 bits per heavy atom. The molecule has 1 atom stereocenters. The smallest absolute Gasteiger partial charge is 0.337 e. The quantitative estimate of drug-likeness (QED) is 0.691. The van der Waals surface area contributed by atoms with Gasteiger partial charge in [-0.2, -0.15) is 0 Å². The summed E-state index contributed by atoms with van der Waals surface area (Å²) in [6.45, 7) is 11.8. The Balaban J connectivity index is 1.72. The van der Waals surface area contributed by atoms with Crippen molar-refractivity contribution >= 4 is 28.1 Å². The van der Waals surface area contributed by atoms with Crippen LogP contribution < -0.4 is 5.32 Å². The Bertz CT molecular complexity index is 892. The molecule has 0 bridgehead atoms. The summed E-state index contributed by atoms with van der Waals surface area (Å²) in [6, 6.07) is 3.34. The molecule has 2 aromatic heterocycles. The number of hydrogen-bond acceptors (Lipinski definition) is 4. The molecule has 2 aliphatic rings. The first-order valence-electron chi connectivity index (χ1n) is 9.72. The van der Waals surface area contributed by atoms with Gasteiger partial charge >= 0.3 is 5.97 Å². The highest BCUT2D eigenvalue weighted by Gasteiger charge is 2.51. The SMILES string of the molecule is Cc1c(Nc2ccc(C(=O)O)cn2)sc2c1C(C)(C)CC(C1CC1)C2(C)C. The number of pyridine rings is 1. The molecular formula is C22H28N2O2S. The number of carboxylic acid groups (broad SMARTS) is 1. The Hall–Kier alpha value is -1.88. The third-order valence-corrected chi connectivity index (χ3v) is 8.06. The van der Waals surface area contributed by atoms with Gasteiger partial charge in [-0.3, -0.25) is 0 Å². The number of nitrogens with one attached hydrogen (secondary N) is 1. The second-order valence-corrected chi connectivity index (χ2v) is 10.4. The molecule has 5 heteroatoms. The van der Waals surface area contributed by atoms with E-state index in [2.05, 4.69) is 44.9 Å². The summed E-state index contributed by atoms with van der Waals surface area (Å²) < 4.78 is 0. The van der Waals surface area contributed by atoms with E-state index in [1.54, 1.807) is 12.1 Å². The summed E-state index contributed by atoms with van der Waals surface area (Å²) in [6.07, 6.45) is 5.42. The molecule has 0 spiro atoms. The van der Waals surface area contributed by atoms with Crippen molar-refractivity contribution < 1.29 is 9.90 Å². The van der Waals surface area contributed by atoms with Gasteiger partial charge in [-0.25, -0.2) is 9.78 Å². The molecule has 1 unspecified atom stereocenters. The van der Waals surface area contributed by atoms with E-state index in [9.17, 15) is 4.79 Å². The number of aromatic nitrogens is 1. The van der Waals surface area contributed by atoms with Crippen LogP contribution >= 0.6 is 11.3 Å². The van der Waals surface area contributed by atoms with Gasteiger partial charge in [0.2, 0.25) is 0 Å². The van der Waals surface area contributed by atoms with Crippen LogP contribution in [0.1, 0.15) is 73.3 Å². The van der Waals surface area contributed by atoms with Crippen molar-refractivity contribution in [2.45, 2.75) is 64.7 Å². The van der Waals surface area contributed by atoms with Gasteiger partial charge in [0.25, 0.3) is 0 Å². The van der Waals surface area contributed by atoms with Gasteiger partial charge in [-0.1, -0.05) is 27.7 Å². The van der Waals surface area contributed by atoms with Crippen LogP contribution in [-0.4, -0.2) is 16.1 Å². The first-order valence-corrected chi connectivity index (χ1v) is 10.5. The van der Waals surface area contributed by atoms with Gasteiger partial charge in [0.15, 0.2) is 0 Å². The molecule has 4 rings (SSSR count). The van der Waals surface area contributed by atoms with Gasteiger partial charge in [0.1, 0.15) is 5.82 Å². The zero-order valence-corrected chi connectivity index (χ0v) is 17.5. The highest BCUT2D eigenvalue weighted by molar-refractivity contribution is 7.16. The average Bonchev–Trinajstić information content (AvgIpc) is 3.36. The fraction of sp³-hybridized carbons (Fsp3) is 0.545. The summed E-state index contributed by atoms with van der Waals surface area (Å²) in [5.74, 6) is 1.37. The zero-order valence-electron chi connectivity index (χ0n) is 16.7. The molecule has 0 saturated heterocycles. The fourth-order valence-electron chi connectivity index (χ4n) is 4.94. The minimum absolute atomic E-state index is 0.180. The lowest BCUT2D eigenvalue weighted by molar-refractivity contribution is 0.0696. The van der Waals surface area contributed by atoms with Crippen LogP contribution in [0.4, 0.5) is 10.8 Å². The predicted molar refractivity (Wildman–Crippen MR) is 110 cm³/mol. The van der Waals surface area contributed by atoms with Crippen molar-refractivity contribution in [3.8, 4) is 0 Å². The van der Waals surface area contributed by atoms with E-state index in [0.29, 0.717) is 5.82 Å². The molecule has 27 heavy (non-hydrogen) atoms. The van der Waals surface area contributed by atoms with Crippen molar-refractivity contribution in [3.63, 3.8) is 0 Å². The molecule has 2 aliphatic carbocycles. The number of rotatable bonds is 4. The molecule has 4 nitrogen and oxygen atoms in total. The lowest BCUT2D eigenvalue weighted by Gasteiger charge is -2.46. The largest absolute Gasteiger partial charge is 0.478 e. The van der Waals surface area contributed by atoms with Crippen molar-refractivity contribution in [3.05, 3.63) is 39.9 Å². The number of fused-ring (bicyclic) bond motifs is 1. The number of nitrogens with zero attached hydrogens (tertiary/aromatic N) is 1. The summed E-state index contributed by atoms with van der Waals surface area (Å²) in [5.41, 5.74) is 3.39. The molecule has 0 radical (unpaired) electrons. The zero-order chi connectivity index (χ0) is 19.6. The van der Waals surface area contributed by atoms with Gasteiger partial charge in [-0.15, -0.1) is 11.3 Å². The number of carbonyl (C=O) groups is 1. The van der Waals surface area contributed by atoms with E-state index in [1.807, 2.05) is 11.3 Å². The van der Waals surface area contributed by atoms with E-state index in [1.165, 1.54) is 41.5 Å². The predicted octanol–water partition coefficient (Wildman–Crippen LogP) is 5.88. The van der Waals surface area contributed by atoms with E-state index >= 15 is 0 Å². The maximum atomic E-state index is 11.0. The highest BCUT2D eigenvalue weighted by Crippen LogP contribution is 2.60. The molecule has 1 saturated carbocycles. The third kappa shape index (κ3) is 3.06. The molecule has 2 N–H and O–H groups in total. The van der Waals surface area contributed by atoms with Crippen LogP contribution in [0.3, 0.4) is 0 Å². The van der Waals surface area contributed by atoms with Crippen LogP contribution in [0.5, 0.6) is 0 Å². The fourth-order valence-corrected chi connectivity index (χ4v) is 6.50. The van der Waals surface area contributed by atoms with Crippen molar-refractivity contribution in [2.24, 2.45) is 11.8 Å². The Morgan fingerprint density at radius 1 is 1.26 bits per heavy atom. The van der Waals surface area contributed by atoms with Gasteiger partial charge in [0, 0.05) is 16.5 Å². The van der Waals surface area contributed by atoms with Crippen LogP contribution in [0.15, 0.2) is 18.3 Å². The maximum Gasteiger partial charge on any atom is 0.337 e. The lowest BCUT2D eigenvalue weighted by atomic mass is 9.59. The molecule has 2 heterocycles. The Morgan fingerprint density at radius 2 is 1.96 bits per heavy atom. The highest BCUT2D eigenvalue weighted by atomic mass is 32.1. The Labute approximate surface area is 165 Å². The molecule has 0 aliphatic heterocycles. The topological polar surface area (TPSA) is 62.2 Å². The first-order chi connectivity index (χ1) is 12.6. The minimum atomic E-state index is -0.952. The number of carboxylic acids is 1. The third-order valence-electron chi connectivity index (χ3n) is 6.51. The van der Waals surface area contributed by atoms with Crippen LogP contribution in [-0.2, 0) is 10.8 Å². The lowest BCUT2D eigenvalue weighted by Crippen LogP contribution is -2.41. The van der Waals surface area contributed by atoms with Crippen LogP contribution in [0.2, 0.25) is 0 Å². The summed E-state index contributed by atoms with van der Waals surface area (Å²) >= 11 is 1.86. The summed E-state index contributed by atoms with van der Waals surface area (Å²) in [4.78, 5) is 16.8. The van der Waals surface area contributed by atoms with Crippen molar-refractivity contribution in [1.82, 2.24) is 4.98 Å². The summed E-state index contributed by atoms with van der Waals surface area (Å²) in [5, 5.41) is 13.6. The van der Waals surface area contributed by atoms with E-state index in [0.717, 1.165) is 16.8 Å². The van der Waals surface area contributed by atoms with E-state index < -0.39 is 5.97 Å². The van der Waals surface area contributed by atoms with Gasteiger partial charge in [0.05, 0.1) is 10.6 Å². The number of thiophene rings is 1. The van der Waals surface area contributed by atoms with Gasteiger partial charge < -0.3 is 10.4 Å². The monoisotopic (exact) mass is 384 g/mol. The molecule has 2 aromatic rings. The maximum absolute atomic E-state index is 11.0. The number of hydrogen-bond donors (Lipinski definition) is 2. The van der Waals surface area contributed by atoms with Gasteiger partial charge in [-0.05, 0) is 66.7 Å². The second-order valence-electron chi connectivity index (χ2n) is 9.38. The first kappa shape index (κ1) is 18.5. The Kier molecular flexibility index (Phi) is 4.15. The normalized spacial score (nSPS) is 22.9.